The molecule has 1 atom stereocenters. The molecule has 1 heterocycles. The van der Waals surface area contributed by atoms with E-state index in [2.05, 4.69) is 36.1 Å². The van der Waals surface area contributed by atoms with Crippen molar-refractivity contribution >= 4 is 10.0 Å². The zero-order valence-electron chi connectivity index (χ0n) is 15.6. The van der Waals surface area contributed by atoms with Gasteiger partial charge in [0.15, 0.2) is 0 Å². The Balaban J connectivity index is 1.54. The van der Waals surface area contributed by atoms with E-state index in [4.69, 9.17) is 0 Å². The summed E-state index contributed by atoms with van der Waals surface area (Å²) in [6.07, 6.45) is 2.15. The van der Waals surface area contributed by atoms with Crippen molar-refractivity contribution in [3.05, 3.63) is 65.7 Å². The van der Waals surface area contributed by atoms with Crippen molar-refractivity contribution in [2.24, 2.45) is 0 Å². The monoisotopic (exact) mass is 372 g/mol. The molecule has 0 bridgehead atoms. The van der Waals surface area contributed by atoms with E-state index < -0.39 is 10.0 Å². The van der Waals surface area contributed by atoms with Gasteiger partial charge in [-0.25, -0.2) is 8.42 Å². The van der Waals surface area contributed by atoms with Crippen LogP contribution in [0.15, 0.2) is 59.5 Å². The summed E-state index contributed by atoms with van der Waals surface area (Å²) in [5.41, 5.74) is 2.43. The van der Waals surface area contributed by atoms with Gasteiger partial charge < -0.3 is 0 Å². The molecule has 1 aliphatic heterocycles. The third-order valence-corrected chi connectivity index (χ3v) is 7.16. The van der Waals surface area contributed by atoms with Crippen molar-refractivity contribution in [3.8, 4) is 0 Å². The van der Waals surface area contributed by atoms with E-state index in [0.717, 1.165) is 31.5 Å². The molecule has 3 rings (SSSR count). The summed E-state index contributed by atoms with van der Waals surface area (Å²) in [5.74, 6) is 0. The molecule has 0 N–H and O–H groups in total. The predicted molar refractivity (Wildman–Crippen MR) is 106 cm³/mol. The third-order valence-electron chi connectivity index (χ3n) is 5.25. The number of rotatable bonds is 6. The molecule has 1 aliphatic rings. The van der Waals surface area contributed by atoms with Gasteiger partial charge in [-0.05, 0) is 44.4 Å². The first-order valence-corrected chi connectivity index (χ1v) is 10.8. The summed E-state index contributed by atoms with van der Waals surface area (Å²) in [6.45, 7) is 6.92. The number of hydrogen-bond donors (Lipinski definition) is 0. The van der Waals surface area contributed by atoms with E-state index in [9.17, 15) is 8.42 Å². The lowest BCUT2D eigenvalue weighted by Crippen LogP contribution is -2.51. The van der Waals surface area contributed by atoms with Crippen LogP contribution in [0.25, 0.3) is 0 Å². The normalized spacial score (nSPS) is 17.9. The van der Waals surface area contributed by atoms with Crippen LogP contribution in [-0.4, -0.2) is 49.8 Å². The highest BCUT2D eigenvalue weighted by molar-refractivity contribution is 7.89. The average Bonchev–Trinajstić information content (AvgIpc) is 2.67. The fourth-order valence-corrected chi connectivity index (χ4v) is 4.87. The molecule has 26 heavy (non-hydrogen) atoms. The molecule has 0 saturated carbocycles. The zero-order valence-corrected chi connectivity index (χ0v) is 16.5. The molecule has 4 nitrogen and oxygen atoms in total. The molecule has 0 unspecified atom stereocenters. The van der Waals surface area contributed by atoms with Gasteiger partial charge in [0.05, 0.1) is 4.90 Å². The zero-order chi connectivity index (χ0) is 18.6. The topological polar surface area (TPSA) is 40.6 Å². The van der Waals surface area contributed by atoms with Gasteiger partial charge in [0.1, 0.15) is 0 Å². The van der Waals surface area contributed by atoms with Crippen LogP contribution in [0.5, 0.6) is 0 Å². The van der Waals surface area contributed by atoms with Gasteiger partial charge in [-0.3, -0.25) is 4.90 Å². The maximum Gasteiger partial charge on any atom is 0.243 e. The lowest BCUT2D eigenvalue weighted by molar-refractivity contribution is 0.140. The maximum absolute atomic E-state index is 12.8. The van der Waals surface area contributed by atoms with E-state index in [1.165, 1.54) is 5.56 Å². The highest BCUT2D eigenvalue weighted by atomic mass is 32.2. The Kier molecular flexibility index (Phi) is 6.12. The molecule has 0 amide bonds. The number of benzene rings is 2. The van der Waals surface area contributed by atoms with Gasteiger partial charge in [-0.2, -0.15) is 4.31 Å². The number of sulfonamides is 1. The molecular formula is C21H28N2O2S. The van der Waals surface area contributed by atoms with Crippen LogP contribution in [0.4, 0.5) is 0 Å². The lowest BCUT2D eigenvalue weighted by Gasteiger charge is -2.37. The van der Waals surface area contributed by atoms with Gasteiger partial charge in [0.2, 0.25) is 10.0 Å². The first-order valence-electron chi connectivity index (χ1n) is 9.31. The Morgan fingerprint density at radius 1 is 0.923 bits per heavy atom. The van der Waals surface area contributed by atoms with Gasteiger partial charge in [0.25, 0.3) is 0 Å². The highest BCUT2D eigenvalue weighted by Gasteiger charge is 2.29. The van der Waals surface area contributed by atoms with Crippen LogP contribution in [0.2, 0.25) is 0 Å². The van der Waals surface area contributed by atoms with Crippen molar-refractivity contribution < 1.29 is 8.42 Å². The number of aryl methyl sites for hydroxylation is 2. The summed E-state index contributed by atoms with van der Waals surface area (Å²) in [5, 5.41) is 0. The number of hydrogen-bond acceptors (Lipinski definition) is 3. The van der Waals surface area contributed by atoms with Crippen LogP contribution in [-0.2, 0) is 16.4 Å². The van der Waals surface area contributed by atoms with Gasteiger partial charge in [-0.1, -0.05) is 48.0 Å². The van der Waals surface area contributed by atoms with Crippen molar-refractivity contribution in [2.75, 3.05) is 26.2 Å². The van der Waals surface area contributed by atoms with Crippen molar-refractivity contribution in [3.63, 3.8) is 0 Å². The molecule has 0 spiro atoms. The average molecular weight is 373 g/mol. The second-order valence-corrected chi connectivity index (χ2v) is 9.06. The van der Waals surface area contributed by atoms with Crippen LogP contribution >= 0.6 is 0 Å². The van der Waals surface area contributed by atoms with E-state index in [0.29, 0.717) is 24.0 Å². The minimum absolute atomic E-state index is 0.397. The van der Waals surface area contributed by atoms with E-state index >= 15 is 0 Å². The summed E-state index contributed by atoms with van der Waals surface area (Å²) < 4.78 is 27.2. The van der Waals surface area contributed by atoms with Gasteiger partial charge in [-0.15, -0.1) is 0 Å². The predicted octanol–water partition coefficient (Wildman–Crippen LogP) is 3.32. The summed E-state index contributed by atoms with van der Waals surface area (Å²) >= 11 is 0. The molecular weight excluding hydrogens is 344 g/mol. The Bertz CT molecular complexity index is 796. The van der Waals surface area contributed by atoms with Crippen LogP contribution < -0.4 is 0 Å². The Hall–Kier alpha value is -1.69. The Morgan fingerprint density at radius 2 is 1.54 bits per heavy atom. The minimum Gasteiger partial charge on any atom is -0.298 e. The molecule has 2 aromatic carbocycles. The molecule has 1 saturated heterocycles. The van der Waals surface area contributed by atoms with E-state index in [1.807, 2.05) is 25.1 Å². The summed E-state index contributed by atoms with van der Waals surface area (Å²) in [6, 6.07) is 18.1. The van der Waals surface area contributed by atoms with E-state index in [-0.39, 0.29) is 0 Å². The van der Waals surface area contributed by atoms with Crippen molar-refractivity contribution in [2.45, 2.75) is 37.6 Å². The molecule has 140 valence electrons. The quantitative estimate of drug-likeness (QED) is 0.781. The standard InChI is InChI=1S/C21H28N2O2S/c1-18-8-12-21(13-9-18)26(24,25)23-16-14-22(15-17-23)19(2)10-11-20-6-4-3-5-7-20/h3-9,12-13,19H,10-11,14-17H2,1-2H3/t19-/m1/s1. The second kappa shape index (κ2) is 8.33. The largest absolute Gasteiger partial charge is 0.298 e. The first kappa shape index (κ1) is 19.1. The van der Waals surface area contributed by atoms with Crippen LogP contribution in [0.3, 0.4) is 0 Å². The molecule has 0 aliphatic carbocycles. The Morgan fingerprint density at radius 3 is 2.15 bits per heavy atom. The molecule has 2 aromatic rings. The van der Waals surface area contributed by atoms with Gasteiger partial charge in [0, 0.05) is 32.2 Å². The third kappa shape index (κ3) is 4.53. The minimum atomic E-state index is -3.38. The van der Waals surface area contributed by atoms with Gasteiger partial charge >= 0.3 is 0 Å². The van der Waals surface area contributed by atoms with Crippen molar-refractivity contribution in [1.29, 1.82) is 0 Å². The highest BCUT2D eigenvalue weighted by Crippen LogP contribution is 2.20. The SMILES string of the molecule is Cc1ccc(S(=O)(=O)N2CCN([C@H](C)CCc3ccccc3)CC2)cc1. The fourth-order valence-electron chi connectivity index (χ4n) is 3.45. The smallest absolute Gasteiger partial charge is 0.243 e. The Labute approximate surface area is 157 Å². The molecule has 0 radical (unpaired) electrons. The summed E-state index contributed by atoms with van der Waals surface area (Å²) in [7, 11) is -3.38. The molecule has 5 heteroatoms. The second-order valence-electron chi connectivity index (χ2n) is 7.13. The number of piperazine rings is 1. The molecule has 0 aromatic heterocycles. The molecule has 1 fully saturated rings. The fraction of sp³-hybridized carbons (Fsp3) is 0.429. The summed E-state index contributed by atoms with van der Waals surface area (Å²) in [4.78, 5) is 2.80. The van der Waals surface area contributed by atoms with Crippen molar-refractivity contribution in [1.82, 2.24) is 9.21 Å². The van der Waals surface area contributed by atoms with E-state index in [1.54, 1.807) is 16.4 Å². The lowest BCUT2D eigenvalue weighted by atomic mass is 10.0. The maximum atomic E-state index is 12.8. The first-order chi connectivity index (χ1) is 12.5. The van der Waals surface area contributed by atoms with Crippen LogP contribution in [0.1, 0.15) is 24.5 Å². The number of nitrogens with zero attached hydrogens (tertiary/aromatic N) is 2. The van der Waals surface area contributed by atoms with Crippen LogP contribution in [0, 0.1) is 6.92 Å².